The first-order chi connectivity index (χ1) is 11.2. The minimum atomic E-state index is 0. The van der Waals surface area contributed by atoms with E-state index in [0.717, 1.165) is 44.9 Å². The van der Waals surface area contributed by atoms with E-state index in [1.54, 1.807) is 21.3 Å². The molecule has 1 heterocycles. The summed E-state index contributed by atoms with van der Waals surface area (Å²) in [5.74, 6) is 1.92. The molecule has 0 aliphatic carbocycles. The number of ether oxygens (including phenoxy) is 4. The van der Waals surface area contributed by atoms with Gasteiger partial charge < -0.3 is 23.8 Å². The third-order valence-electron chi connectivity index (χ3n) is 4.14. The van der Waals surface area contributed by atoms with Gasteiger partial charge in [-0.05, 0) is 24.7 Å². The minimum Gasteiger partial charge on any atom is -0.493 e. The lowest BCUT2D eigenvalue weighted by Crippen LogP contribution is -2.45. The van der Waals surface area contributed by atoms with Crippen molar-refractivity contribution in [3.8, 4) is 17.2 Å². The molecule has 0 aromatic heterocycles. The average Bonchev–Trinajstić information content (AvgIpc) is 2.59. The van der Waals surface area contributed by atoms with Crippen molar-refractivity contribution in [3.63, 3.8) is 0 Å². The molecule has 146 valence electrons. The number of hydrogen-bond donors (Lipinski definition) is 0. The number of hydrogen-bond acceptors (Lipinski definition) is 6. The van der Waals surface area contributed by atoms with Crippen LogP contribution in [0.1, 0.15) is 5.56 Å². The van der Waals surface area contributed by atoms with Crippen molar-refractivity contribution in [2.24, 2.45) is 0 Å². The highest BCUT2D eigenvalue weighted by Gasteiger charge is 2.14. The molecule has 0 N–H and O–H groups in total. The van der Waals surface area contributed by atoms with Crippen LogP contribution in [0.5, 0.6) is 17.2 Å². The smallest absolute Gasteiger partial charge is 0.203 e. The van der Waals surface area contributed by atoms with Crippen molar-refractivity contribution in [1.82, 2.24) is 9.80 Å². The molecular weight excluding hydrogens is 367 g/mol. The van der Waals surface area contributed by atoms with Gasteiger partial charge in [-0.15, -0.1) is 24.8 Å². The lowest BCUT2D eigenvalue weighted by atomic mass is 10.2. The van der Waals surface area contributed by atoms with E-state index >= 15 is 0 Å². The van der Waals surface area contributed by atoms with Gasteiger partial charge >= 0.3 is 0 Å². The van der Waals surface area contributed by atoms with E-state index in [2.05, 4.69) is 16.8 Å². The van der Waals surface area contributed by atoms with E-state index < -0.39 is 0 Å². The maximum atomic E-state index is 5.81. The Kier molecular flexibility index (Phi) is 12.0. The van der Waals surface area contributed by atoms with Crippen LogP contribution in [0, 0.1) is 0 Å². The monoisotopic (exact) mass is 396 g/mol. The van der Waals surface area contributed by atoms with E-state index in [9.17, 15) is 0 Å². The first-order valence-corrected chi connectivity index (χ1v) is 7.95. The predicted molar refractivity (Wildman–Crippen MR) is 104 cm³/mol. The summed E-state index contributed by atoms with van der Waals surface area (Å²) in [6.07, 6.45) is 0. The zero-order valence-corrected chi connectivity index (χ0v) is 17.1. The zero-order valence-electron chi connectivity index (χ0n) is 15.4. The summed E-state index contributed by atoms with van der Waals surface area (Å²) >= 11 is 0. The fraction of sp³-hybridized carbons (Fsp3) is 0.647. The highest BCUT2D eigenvalue weighted by atomic mass is 35.5. The maximum absolute atomic E-state index is 5.81. The van der Waals surface area contributed by atoms with Gasteiger partial charge in [-0.3, -0.25) is 4.90 Å². The molecule has 2 rings (SSSR count). The summed E-state index contributed by atoms with van der Waals surface area (Å²) in [6, 6.07) is 3.86. The van der Waals surface area contributed by atoms with Crippen LogP contribution in [-0.2, 0) is 11.3 Å². The molecule has 1 aromatic rings. The molecule has 8 heteroatoms. The first kappa shape index (κ1) is 24.1. The molecule has 0 unspecified atom stereocenters. The third-order valence-corrected chi connectivity index (χ3v) is 4.14. The van der Waals surface area contributed by atoms with Crippen LogP contribution in [0.25, 0.3) is 0 Å². The second kappa shape index (κ2) is 12.4. The molecule has 25 heavy (non-hydrogen) atoms. The van der Waals surface area contributed by atoms with Crippen LogP contribution in [-0.4, -0.2) is 77.5 Å². The van der Waals surface area contributed by atoms with Gasteiger partial charge in [-0.2, -0.15) is 0 Å². The number of methoxy groups -OCH3 is 3. The van der Waals surface area contributed by atoms with Crippen LogP contribution in [0.3, 0.4) is 0 Å². The largest absolute Gasteiger partial charge is 0.493 e. The van der Waals surface area contributed by atoms with Gasteiger partial charge in [0.15, 0.2) is 11.5 Å². The second-order valence-electron chi connectivity index (χ2n) is 5.73. The van der Waals surface area contributed by atoms with Gasteiger partial charge in [0.2, 0.25) is 5.75 Å². The third kappa shape index (κ3) is 7.07. The lowest BCUT2D eigenvalue weighted by Gasteiger charge is -2.32. The van der Waals surface area contributed by atoms with E-state index in [4.69, 9.17) is 18.9 Å². The van der Waals surface area contributed by atoms with Gasteiger partial charge in [0.25, 0.3) is 0 Å². The van der Waals surface area contributed by atoms with Crippen molar-refractivity contribution in [2.75, 3.05) is 67.7 Å². The van der Waals surface area contributed by atoms with Gasteiger partial charge in [0, 0.05) is 32.7 Å². The molecule has 0 amide bonds. The van der Waals surface area contributed by atoms with Crippen molar-refractivity contribution in [2.45, 2.75) is 6.61 Å². The molecule has 1 aliphatic heterocycles. The van der Waals surface area contributed by atoms with Gasteiger partial charge in [0.1, 0.15) is 0 Å². The van der Waals surface area contributed by atoms with Crippen LogP contribution in [0.15, 0.2) is 12.1 Å². The topological polar surface area (TPSA) is 43.4 Å². The molecule has 1 aliphatic rings. The van der Waals surface area contributed by atoms with Crippen LogP contribution < -0.4 is 14.2 Å². The molecule has 1 fully saturated rings. The number of nitrogens with zero attached hydrogens (tertiary/aromatic N) is 2. The van der Waals surface area contributed by atoms with Crippen LogP contribution >= 0.6 is 24.8 Å². The second-order valence-corrected chi connectivity index (χ2v) is 5.73. The van der Waals surface area contributed by atoms with Crippen LogP contribution in [0.2, 0.25) is 0 Å². The van der Waals surface area contributed by atoms with Gasteiger partial charge in [-0.1, -0.05) is 0 Å². The number of piperazine rings is 1. The van der Waals surface area contributed by atoms with Gasteiger partial charge in [0.05, 0.1) is 34.5 Å². The molecule has 0 spiro atoms. The Morgan fingerprint density at radius 3 is 1.92 bits per heavy atom. The van der Waals surface area contributed by atoms with E-state index in [1.165, 1.54) is 0 Å². The summed E-state index contributed by atoms with van der Waals surface area (Å²) in [5.41, 5.74) is 1.01. The Bertz CT molecular complexity index is 473. The summed E-state index contributed by atoms with van der Waals surface area (Å²) in [7, 11) is 7.01. The first-order valence-electron chi connectivity index (χ1n) is 7.95. The summed E-state index contributed by atoms with van der Waals surface area (Å²) < 4.78 is 21.9. The summed E-state index contributed by atoms with van der Waals surface area (Å²) in [4.78, 5) is 4.79. The quantitative estimate of drug-likeness (QED) is 0.628. The van der Waals surface area contributed by atoms with Gasteiger partial charge in [-0.25, -0.2) is 0 Å². The van der Waals surface area contributed by atoms with E-state index in [1.807, 2.05) is 12.1 Å². The predicted octanol–water partition coefficient (Wildman–Crippen LogP) is 2.32. The van der Waals surface area contributed by atoms with E-state index in [0.29, 0.717) is 23.9 Å². The Hall–Kier alpha value is -0.920. The number of benzene rings is 1. The SMILES string of the molecule is COc1cc(COCCN2CCN(C)CC2)cc(OC)c1OC.Cl.Cl. The minimum absolute atomic E-state index is 0. The Morgan fingerprint density at radius 1 is 0.880 bits per heavy atom. The highest BCUT2D eigenvalue weighted by molar-refractivity contribution is 5.85. The van der Waals surface area contributed by atoms with Crippen molar-refractivity contribution in [3.05, 3.63) is 17.7 Å². The summed E-state index contributed by atoms with van der Waals surface area (Å²) in [6.45, 7) is 6.72. The molecule has 0 bridgehead atoms. The molecule has 0 radical (unpaired) electrons. The molecule has 1 saturated heterocycles. The molecule has 0 saturated carbocycles. The van der Waals surface area contributed by atoms with Crippen molar-refractivity contribution in [1.29, 1.82) is 0 Å². The Morgan fingerprint density at radius 2 is 1.44 bits per heavy atom. The number of likely N-dealkylation sites (N-methyl/N-ethyl adjacent to an activating group) is 1. The molecule has 1 aromatic carbocycles. The van der Waals surface area contributed by atoms with Crippen LogP contribution in [0.4, 0.5) is 0 Å². The zero-order chi connectivity index (χ0) is 16.7. The standard InChI is InChI=1S/C17H28N2O4.2ClH/c1-18-5-7-19(8-6-18)9-10-23-13-14-11-15(20-2)17(22-4)16(12-14)21-3;;/h11-12H,5-10,13H2,1-4H3;2*1H. The fourth-order valence-corrected chi connectivity index (χ4v) is 2.67. The molecule has 6 nitrogen and oxygen atoms in total. The average molecular weight is 397 g/mol. The molecular formula is C17H30Cl2N2O4. The number of halogens is 2. The van der Waals surface area contributed by atoms with E-state index in [-0.39, 0.29) is 24.8 Å². The van der Waals surface area contributed by atoms with Crippen molar-refractivity contribution >= 4 is 24.8 Å². The number of rotatable bonds is 8. The summed E-state index contributed by atoms with van der Waals surface area (Å²) in [5, 5.41) is 0. The Labute approximate surface area is 163 Å². The maximum Gasteiger partial charge on any atom is 0.203 e. The fourth-order valence-electron chi connectivity index (χ4n) is 2.67. The highest BCUT2D eigenvalue weighted by Crippen LogP contribution is 2.38. The van der Waals surface area contributed by atoms with Crippen molar-refractivity contribution < 1.29 is 18.9 Å². The molecule has 0 atom stereocenters. The normalized spacial score (nSPS) is 15.0. The lowest BCUT2D eigenvalue weighted by molar-refractivity contribution is 0.0737. The Balaban J connectivity index is 0.00000288.